The second-order valence-electron chi connectivity index (χ2n) is 1.77. The van der Waals surface area contributed by atoms with Gasteiger partial charge in [0.2, 0.25) is 11.6 Å². The molecule has 0 aliphatic carbocycles. The molecule has 0 radical (unpaired) electrons. The van der Waals surface area contributed by atoms with Crippen LogP contribution in [0.4, 0.5) is 0 Å². The molecule has 9 heavy (non-hydrogen) atoms. The average molecular weight is 135 g/mol. The van der Waals surface area contributed by atoms with E-state index in [1.165, 1.54) is 0 Å². The van der Waals surface area contributed by atoms with Gasteiger partial charge in [0.15, 0.2) is 6.29 Å². The van der Waals surface area contributed by atoms with E-state index < -0.39 is 11.6 Å². The second-order valence-corrected chi connectivity index (χ2v) is 1.77. The fourth-order valence-electron chi connectivity index (χ4n) is 0.0944. The largest absolute Gasteiger partial charge is 0.365 e. The summed E-state index contributed by atoms with van der Waals surface area (Å²) in [6.45, 7) is 0. The summed E-state index contributed by atoms with van der Waals surface area (Å²) in [5.74, 6) is -2.59. The lowest BCUT2D eigenvalue weighted by Crippen LogP contribution is -2.72. The topological polar surface area (TPSA) is 136 Å². The van der Waals surface area contributed by atoms with Crippen molar-refractivity contribution in [3.05, 3.63) is 0 Å². The standard InChI is InChI=1S/C3H9N3O3/c4-2(8,1-7)3(5,6)9/h1,8-9H,4-6H2. The van der Waals surface area contributed by atoms with E-state index >= 15 is 0 Å². The molecule has 0 rings (SSSR count). The Hall–Kier alpha value is -0.530. The number of aliphatic hydroxyl groups is 2. The van der Waals surface area contributed by atoms with Gasteiger partial charge in [0.25, 0.3) is 0 Å². The molecule has 1 unspecified atom stereocenters. The van der Waals surface area contributed by atoms with Gasteiger partial charge in [0.1, 0.15) is 0 Å². The molecule has 0 aliphatic rings. The van der Waals surface area contributed by atoms with Crippen LogP contribution in [0.15, 0.2) is 0 Å². The Morgan fingerprint density at radius 1 is 1.22 bits per heavy atom. The van der Waals surface area contributed by atoms with Crippen molar-refractivity contribution in [2.45, 2.75) is 11.6 Å². The highest BCUT2D eigenvalue weighted by Crippen LogP contribution is 1.99. The number of carbonyl (C=O) groups is 1. The Morgan fingerprint density at radius 3 is 1.56 bits per heavy atom. The van der Waals surface area contributed by atoms with E-state index in [1.54, 1.807) is 0 Å². The summed E-state index contributed by atoms with van der Waals surface area (Å²) in [6.07, 6.45) is -0.146. The zero-order valence-corrected chi connectivity index (χ0v) is 4.61. The minimum Gasteiger partial charge on any atom is -0.365 e. The van der Waals surface area contributed by atoms with Gasteiger partial charge < -0.3 is 10.2 Å². The van der Waals surface area contributed by atoms with Gasteiger partial charge in [-0.15, -0.1) is 0 Å². The van der Waals surface area contributed by atoms with E-state index in [0.29, 0.717) is 0 Å². The maximum Gasteiger partial charge on any atom is 0.228 e. The molecule has 0 saturated carbocycles. The van der Waals surface area contributed by atoms with Gasteiger partial charge in [-0.25, -0.2) is 0 Å². The van der Waals surface area contributed by atoms with Crippen molar-refractivity contribution in [3.63, 3.8) is 0 Å². The monoisotopic (exact) mass is 135 g/mol. The summed E-state index contributed by atoms with van der Waals surface area (Å²) in [5, 5.41) is 17.1. The molecule has 6 nitrogen and oxygen atoms in total. The molecular weight excluding hydrogens is 126 g/mol. The molecule has 8 N–H and O–H groups in total. The van der Waals surface area contributed by atoms with Crippen molar-refractivity contribution in [2.75, 3.05) is 0 Å². The number of nitrogens with two attached hydrogens (primary N) is 3. The van der Waals surface area contributed by atoms with Crippen LogP contribution in [0.25, 0.3) is 0 Å². The zero-order chi connectivity index (χ0) is 7.71. The Kier molecular flexibility index (Phi) is 1.89. The van der Waals surface area contributed by atoms with Crippen molar-refractivity contribution in [1.82, 2.24) is 0 Å². The second kappa shape index (κ2) is 2.01. The lowest BCUT2D eigenvalue weighted by molar-refractivity contribution is -0.157. The van der Waals surface area contributed by atoms with Crippen LogP contribution in [0.2, 0.25) is 0 Å². The SMILES string of the molecule is NC(N)(O)C(N)(O)C=O. The Labute approximate surface area is 51.2 Å². The molecular formula is C3H9N3O3. The molecule has 1 atom stereocenters. The van der Waals surface area contributed by atoms with Crippen molar-refractivity contribution in [2.24, 2.45) is 17.2 Å². The number of carbonyl (C=O) groups excluding carboxylic acids is 1. The van der Waals surface area contributed by atoms with E-state index in [9.17, 15) is 4.79 Å². The third-order valence-corrected chi connectivity index (χ3v) is 0.821. The fourth-order valence-corrected chi connectivity index (χ4v) is 0.0944. The highest BCUT2D eigenvalue weighted by molar-refractivity contribution is 5.62. The molecule has 54 valence electrons. The normalized spacial score (nSPS) is 18.8. The van der Waals surface area contributed by atoms with Crippen LogP contribution >= 0.6 is 0 Å². The van der Waals surface area contributed by atoms with Gasteiger partial charge in [-0.3, -0.25) is 22.0 Å². The molecule has 0 aromatic rings. The summed E-state index contributed by atoms with van der Waals surface area (Å²) in [7, 11) is 0. The van der Waals surface area contributed by atoms with Crippen LogP contribution in [-0.4, -0.2) is 28.1 Å². The fraction of sp³-hybridized carbons (Fsp3) is 0.667. The zero-order valence-electron chi connectivity index (χ0n) is 4.61. The van der Waals surface area contributed by atoms with Gasteiger partial charge >= 0.3 is 0 Å². The van der Waals surface area contributed by atoms with E-state index in [0.717, 1.165) is 0 Å². The molecule has 6 heteroatoms. The predicted molar refractivity (Wildman–Crippen MR) is 28.5 cm³/mol. The molecule has 0 aliphatic heterocycles. The van der Waals surface area contributed by atoms with E-state index in [4.69, 9.17) is 10.2 Å². The van der Waals surface area contributed by atoms with Crippen LogP contribution in [0, 0.1) is 0 Å². The Bertz CT molecular complexity index is 116. The number of aldehydes is 1. The van der Waals surface area contributed by atoms with Crippen LogP contribution in [0.1, 0.15) is 0 Å². The van der Waals surface area contributed by atoms with Gasteiger partial charge in [0, 0.05) is 0 Å². The number of rotatable bonds is 2. The van der Waals surface area contributed by atoms with E-state index in [-0.39, 0.29) is 6.29 Å². The summed E-state index contributed by atoms with van der Waals surface area (Å²) in [5.41, 5.74) is 11.4. The Morgan fingerprint density at radius 2 is 1.56 bits per heavy atom. The minimum atomic E-state index is -2.59. The van der Waals surface area contributed by atoms with Crippen molar-refractivity contribution in [1.29, 1.82) is 0 Å². The van der Waals surface area contributed by atoms with Gasteiger partial charge in [-0.05, 0) is 0 Å². The molecule has 0 bridgehead atoms. The van der Waals surface area contributed by atoms with Crippen LogP contribution in [-0.2, 0) is 4.79 Å². The quantitative estimate of drug-likeness (QED) is 0.196. The number of hydrogen-bond donors (Lipinski definition) is 5. The minimum absolute atomic E-state index is 0.146. The highest BCUT2D eigenvalue weighted by Gasteiger charge is 2.40. The summed E-state index contributed by atoms with van der Waals surface area (Å²) >= 11 is 0. The molecule has 0 aromatic carbocycles. The first-order valence-electron chi connectivity index (χ1n) is 2.09. The predicted octanol–water partition coefficient (Wildman–Crippen LogP) is -3.60. The Balaban J connectivity index is 4.32. The summed E-state index contributed by atoms with van der Waals surface area (Å²) in [4.78, 5) is 9.78. The molecule has 0 amide bonds. The molecule has 0 heterocycles. The van der Waals surface area contributed by atoms with Crippen molar-refractivity contribution < 1.29 is 15.0 Å². The maximum absolute atomic E-state index is 9.78. The first-order chi connectivity index (χ1) is 3.81. The third-order valence-electron chi connectivity index (χ3n) is 0.821. The van der Waals surface area contributed by atoms with E-state index in [1.807, 2.05) is 0 Å². The molecule has 0 aromatic heterocycles. The molecule has 0 spiro atoms. The summed E-state index contributed by atoms with van der Waals surface area (Å²) in [6, 6.07) is 0. The third kappa shape index (κ3) is 1.70. The van der Waals surface area contributed by atoms with Crippen molar-refractivity contribution >= 4 is 6.29 Å². The maximum atomic E-state index is 9.78. The average Bonchev–Trinajstić information content (AvgIpc) is 1.64. The van der Waals surface area contributed by atoms with Crippen LogP contribution in [0.3, 0.4) is 0 Å². The molecule has 0 saturated heterocycles. The van der Waals surface area contributed by atoms with E-state index in [2.05, 4.69) is 17.2 Å². The highest BCUT2D eigenvalue weighted by atomic mass is 16.4. The van der Waals surface area contributed by atoms with Gasteiger partial charge in [-0.2, -0.15) is 0 Å². The number of hydrogen-bond acceptors (Lipinski definition) is 6. The first kappa shape index (κ1) is 8.47. The van der Waals surface area contributed by atoms with Gasteiger partial charge in [0.05, 0.1) is 0 Å². The summed E-state index contributed by atoms with van der Waals surface area (Å²) < 4.78 is 0. The molecule has 0 fully saturated rings. The van der Waals surface area contributed by atoms with Gasteiger partial charge in [-0.1, -0.05) is 0 Å². The lowest BCUT2D eigenvalue weighted by atomic mass is 10.2. The van der Waals surface area contributed by atoms with Crippen LogP contribution in [0.5, 0.6) is 0 Å². The van der Waals surface area contributed by atoms with Crippen LogP contribution < -0.4 is 17.2 Å². The van der Waals surface area contributed by atoms with Crippen molar-refractivity contribution in [3.8, 4) is 0 Å². The smallest absolute Gasteiger partial charge is 0.228 e. The first-order valence-corrected chi connectivity index (χ1v) is 2.09. The lowest BCUT2D eigenvalue weighted by Gasteiger charge is -2.28.